The Labute approximate surface area is 117 Å². The van der Waals surface area contributed by atoms with E-state index in [1.165, 1.54) is 4.88 Å². The molecule has 3 rings (SSSR count). The predicted octanol–water partition coefficient (Wildman–Crippen LogP) is 3.31. The van der Waals surface area contributed by atoms with Gasteiger partial charge in [-0.2, -0.15) is 13.2 Å². The molecule has 106 valence electrons. The Kier molecular flexibility index (Phi) is 3.08. The van der Waals surface area contributed by atoms with Crippen molar-refractivity contribution in [1.82, 2.24) is 4.98 Å². The maximum absolute atomic E-state index is 12.8. The number of hydrogen-bond donors (Lipinski definition) is 1. The molecule has 0 saturated carbocycles. The summed E-state index contributed by atoms with van der Waals surface area (Å²) in [6, 6.07) is 3.93. The zero-order valence-electron chi connectivity index (χ0n) is 10.4. The van der Waals surface area contributed by atoms with Crippen LogP contribution in [0.2, 0.25) is 0 Å². The number of hydrogen-bond acceptors (Lipinski definition) is 4. The van der Waals surface area contributed by atoms with Crippen molar-refractivity contribution in [3.8, 4) is 0 Å². The Hall–Kier alpha value is -1.76. The van der Waals surface area contributed by atoms with E-state index in [1.807, 2.05) is 16.3 Å². The van der Waals surface area contributed by atoms with Crippen molar-refractivity contribution in [2.75, 3.05) is 17.2 Å². The summed E-state index contributed by atoms with van der Waals surface area (Å²) < 4.78 is 38.4. The molecule has 2 aromatic rings. The van der Waals surface area contributed by atoms with Gasteiger partial charge in [0.05, 0.1) is 5.56 Å². The summed E-state index contributed by atoms with van der Waals surface area (Å²) in [5, 5.41) is 2.00. The molecule has 0 atom stereocenters. The van der Waals surface area contributed by atoms with Gasteiger partial charge in [-0.15, -0.1) is 11.3 Å². The number of pyridine rings is 1. The van der Waals surface area contributed by atoms with Gasteiger partial charge < -0.3 is 10.6 Å². The number of nitrogens with zero attached hydrogens (tertiary/aromatic N) is 2. The van der Waals surface area contributed by atoms with Crippen LogP contribution >= 0.6 is 11.3 Å². The van der Waals surface area contributed by atoms with Crippen LogP contribution in [0, 0.1) is 0 Å². The Morgan fingerprint density at radius 3 is 2.85 bits per heavy atom. The predicted molar refractivity (Wildman–Crippen MR) is 72.7 cm³/mol. The SMILES string of the molecule is Nc1cc(C(F)(F)F)cc(N2CCc3sccc3C2)n1. The normalized spacial score (nSPS) is 15.2. The second-order valence-electron chi connectivity index (χ2n) is 4.68. The first-order valence-electron chi connectivity index (χ1n) is 6.08. The van der Waals surface area contributed by atoms with Crippen molar-refractivity contribution in [3.05, 3.63) is 39.6 Å². The van der Waals surface area contributed by atoms with Crippen LogP contribution in [0.3, 0.4) is 0 Å². The molecule has 7 heteroatoms. The summed E-state index contributed by atoms with van der Waals surface area (Å²) in [5.74, 6) is 0.181. The Morgan fingerprint density at radius 2 is 2.10 bits per heavy atom. The van der Waals surface area contributed by atoms with Crippen LogP contribution in [0.4, 0.5) is 24.8 Å². The van der Waals surface area contributed by atoms with E-state index in [4.69, 9.17) is 5.73 Å². The molecule has 1 aliphatic rings. The minimum Gasteiger partial charge on any atom is -0.384 e. The van der Waals surface area contributed by atoms with Crippen molar-refractivity contribution in [1.29, 1.82) is 0 Å². The zero-order chi connectivity index (χ0) is 14.3. The van der Waals surface area contributed by atoms with E-state index in [1.54, 1.807) is 11.3 Å². The van der Waals surface area contributed by atoms with E-state index in [0.29, 0.717) is 13.1 Å². The number of nitrogen functional groups attached to an aromatic ring is 1. The molecule has 2 N–H and O–H groups in total. The summed E-state index contributed by atoms with van der Waals surface area (Å²) in [4.78, 5) is 7.16. The number of alkyl halides is 3. The molecule has 3 heterocycles. The molecule has 1 aliphatic heterocycles. The van der Waals surface area contributed by atoms with Gasteiger partial charge in [-0.3, -0.25) is 0 Å². The average Bonchev–Trinajstić information content (AvgIpc) is 2.84. The van der Waals surface area contributed by atoms with E-state index in [9.17, 15) is 13.2 Å². The molecule has 0 amide bonds. The quantitative estimate of drug-likeness (QED) is 0.878. The first-order valence-corrected chi connectivity index (χ1v) is 6.96. The second-order valence-corrected chi connectivity index (χ2v) is 5.68. The van der Waals surface area contributed by atoms with E-state index < -0.39 is 11.7 Å². The summed E-state index contributed by atoms with van der Waals surface area (Å²) in [6.07, 6.45) is -3.58. The van der Waals surface area contributed by atoms with Gasteiger partial charge in [-0.05, 0) is 35.6 Å². The molecular formula is C13H12F3N3S. The summed E-state index contributed by atoms with van der Waals surface area (Å²) >= 11 is 1.68. The lowest BCUT2D eigenvalue weighted by atomic mass is 10.1. The first kappa shape index (κ1) is 13.2. The van der Waals surface area contributed by atoms with Gasteiger partial charge in [0.1, 0.15) is 11.6 Å². The summed E-state index contributed by atoms with van der Waals surface area (Å²) in [7, 11) is 0. The lowest BCUT2D eigenvalue weighted by molar-refractivity contribution is -0.137. The monoisotopic (exact) mass is 299 g/mol. The van der Waals surface area contributed by atoms with Crippen LogP contribution in [-0.4, -0.2) is 11.5 Å². The van der Waals surface area contributed by atoms with E-state index >= 15 is 0 Å². The highest BCUT2D eigenvalue weighted by molar-refractivity contribution is 7.10. The smallest absolute Gasteiger partial charge is 0.384 e. The molecule has 0 saturated heterocycles. The van der Waals surface area contributed by atoms with Crippen LogP contribution in [0.15, 0.2) is 23.6 Å². The fourth-order valence-electron chi connectivity index (χ4n) is 2.31. The molecule has 0 bridgehead atoms. The minimum absolute atomic E-state index is 0.106. The largest absolute Gasteiger partial charge is 0.416 e. The van der Waals surface area contributed by atoms with Crippen molar-refractivity contribution < 1.29 is 13.2 Å². The third kappa shape index (κ3) is 2.45. The lowest BCUT2D eigenvalue weighted by Crippen LogP contribution is -2.30. The standard InChI is InChI=1S/C13H12F3N3S/c14-13(15,16)9-5-11(17)18-12(6-9)19-3-1-10-8(7-19)2-4-20-10/h2,4-6H,1,3,7H2,(H2,17,18). The molecule has 20 heavy (non-hydrogen) atoms. The fourth-order valence-corrected chi connectivity index (χ4v) is 3.20. The summed E-state index contributed by atoms with van der Waals surface area (Å²) in [5.41, 5.74) is 5.90. The van der Waals surface area contributed by atoms with Gasteiger partial charge in [0.25, 0.3) is 0 Å². The van der Waals surface area contributed by atoms with Crippen LogP contribution in [0.25, 0.3) is 0 Å². The highest BCUT2D eigenvalue weighted by Gasteiger charge is 2.32. The van der Waals surface area contributed by atoms with E-state index in [2.05, 4.69) is 4.98 Å². The third-order valence-corrected chi connectivity index (χ3v) is 4.31. The van der Waals surface area contributed by atoms with Gasteiger partial charge >= 0.3 is 6.18 Å². The van der Waals surface area contributed by atoms with E-state index in [-0.39, 0.29) is 11.6 Å². The Morgan fingerprint density at radius 1 is 1.30 bits per heavy atom. The Balaban J connectivity index is 1.93. The second kappa shape index (κ2) is 4.66. The van der Waals surface area contributed by atoms with Crippen molar-refractivity contribution >= 4 is 23.0 Å². The number of thiophene rings is 1. The molecule has 0 spiro atoms. The van der Waals surface area contributed by atoms with Crippen molar-refractivity contribution in [2.45, 2.75) is 19.1 Å². The fraction of sp³-hybridized carbons (Fsp3) is 0.308. The van der Waals surface area contributed by atoms with Gasteiger partial charge in [-0.1, -0.05) is 0 Å². The number of halogens is 3. The minimum atomic E-state index is -4.41. The third-order valence-electron chi connectivity index (χ3n) is 3.29. The number of fused-ring (bicyclic) bond motifs is 1. The van der Waals surface area contributed by atoms with E-state index in [0.717, 1.165) is 24.1 Å². The zero-order valence-corrected chi connectivity index (χ0v) is 11.3. The molecule has 0 aliphatic carbocycles. The number of aromatic nitrogens is 1. The van der Waals surface area contributed by atoms with Crippen LogP contribution < -0.4 is 10.6 Å². The molecular weight excluding hydrogens is 287 g/mol. The molecule has 0 fully saturated rings. The topological polar surface area (TPSA) is 42.1 Å². The van der Waals surface area contributed by atoms with Gasteiger partial charge in [0.2, 0.25) is 0 Å². The maximum Gasteiger partial charge on any atom is 0.416 e. The van der Waals surface area contributed by atoms with Gasteiger partial charge in [0, 0.05) is 18.0 Å². The molecule has 0 unspecified atom stereocenters. The van der Waals surface area contributed by atoms with Crippen LogP contribution in [-0.2, 0) is 19.1 Å². The average molecular weight is 299 g/mol. The lowest BCUT2D eigenvalue weighted by Gasteiger charge is -2.28. The first-order chi connectivity index (χ1) is 9.43. The van der Waals surface area contributed by atoms with Crippen LogP contribution in [0.5, 0.6) is 0 Å². The molecule has 3 nitrogen and oxygen atoms in total. The number of nitrogens with two attached hydrogens (primary N) is 1. The Bertz CT molecular complexity index is 636. The van der Waals surface area contributed by atoms with Gasteiger partial charge in [-0.25, -0.2) is 4.98 Å². The summed E-state index contributed by atoms with van der Waals surface area (Å²) in [6.45, 7) is 1.23. The van der Waals surface area contributed by atoms with Gasteiger partial charge in [0.15, 0.2) is 0 Å². The number of anilines is 2. The van der Waals surface area contributed by atoms with Crippen molar-refractivity contribution in [2.24, 2.45) is 0 Å². The molecule has 0 radical (unpaired) electrons. The molecule has 2 aromatic heterocycles. The van der Waals surface area contributed by atoms with Crippen molar-refractivity contribution in [3.63, 3.8) is 0 Å². The maximum atomic E-state index is 12.8. The highest BCUT2D eigenvalue weighted by Crippen LogP contribution is 2.34. The van der Waals surface area contributed by atoms with Crippen LogP contribution in [0.1, 0.15) is 16.0 Å². The molecule has 0 aromatic carbocycles. The highest BCUT2D eigenvalue weighted by atomic mass is 32.1. The number of rotatable bonds is 1.